The van der Waals surface area contributed by atoms with Gasteiger partial charge in [-0.05, 0) is 24.3 Å². The summed E-state index contributed by atoms with van der Waals surface area (Å²) in [5.41, 5.74) is 0.535. The molecule has 1 aliphatic heterocycles. The van der Waals surface area contributed by atoms with Crippen LogP contribution in [0.2, 0.25) is 0 Å². The second-order valence-corrected chi connectivity index (χ2v) is 6.49. The highest BCUT2D eigenvalue weighted by Gasteiger charge is 2.51. The highest BCUT2D eigenvalue weighted by atomic mass is 16.7. The number of benzene rings is 2. The molecule has 0 N–H and O–H groups in total. The number of hydrogen-bond acceptors (Lipinski definition) is 8. The fraction of sp³-hybridized carbons (Fsp3) is 0.273. The maximum Gasteiger partial charge on any atom is 0.338 e. The first kappa shape index (κ1) is 21.0. The predicted molar refractivity (Wildman–Crippen MR) is 102 cm³/mol. The van der Waals surface area contributed by atoms with Crippen molar-refractivity contribution in [2.24, 2.45) is 0 Å². The molecule has 0 bridgehead atoms. The Hall–Kier alpha value is -3.70. The van der Waals surface area contributed by atoms with Crippen molar-refractivity contribution >= 4 is 17.9 Å². The molecule has 0 spiro atoms. The lowest BCUT2D eigenvalue weighted by Gasteiger charge is -2.23. The first-order chi connectivity index (χ1) is 14.5. The molecule has 1 fully saturated rings. The van der Waals surface area contributed by atoms with Crippen molar-refractivity contribution in [2.75, 3.05) is 0 Å². The Balaban J connectivity index is 1.86. The van der Waals surface area contributed by atoms with Crippen molar-refractivity contribution in [3.63, 3.8) is 0 Å². The lowest BCUT2D eigenvalue weighted by atomic mass is 10.1. The maximum atomic E-state index is 12.6. The second kappa shape index (κ2) is 9.67. The molecule has 8 heteroatoms. The first-order valence-corrected chi connectivity index (χ1v) is 9.21. The van der Waals surface area contributed by atoms with Crippen molar-refractivity contribution in [3.8, 4) is 6.07 Å². The molecule has 0 aromatic heterocycles. The molecule has 3 rings (SSSR count). The summed E-state index contributed by atoms with van der Waals surface area (Å²) in [5, 5.41) is 9.12. The predicted octanol–water partition coefficient (Wildman–Crippen LogP) is 2.64. The molecule has 1 saturated heterocycles. The van der Waals surface area contributed by atoms with Crippen LogP contribution in [0, 0.1) is 11.3 Å². The van der Waals surface area contributed by atoms with Crippen LogP contribution in [0.25, 0.3) is 0 Å². The summed E-state index contributed by atoms with van der Waals surface area (Å²) in [7, 11) is 0. The normalized spacial score (nSPS) is 22.5. The van der Waals surface area contributed by atoms with Gasteiger partial charge in [-0.15, -0.1) is 0 Å². The van der Waals surface area contributed by atoms with Gasteiger partial charge in [0.1, 0.15) is 6.10 Å². The summed E-state index contributed by atoms with van der Waals surface area (Å²) < 4.78 is 21.8. The maximum absolute atomic E-state index is 12.6. The number of ether oxygens (including phenoxy) is 4. The SMILES string of the molecule is CC(=O)OC1O[C@H](CC#N)[C@@H](OC(=O)c2ccccc2)[C@H]1OC(=O)c1ccccc1. The van der Waals surface area contributed by atoms with Crippen LogP contribution in [0.3, 0.4) is 0 Å². The molecule has 1 aliphatic rings. The smallest absolute Gasteiger partial charge is 0.338 e. The van der Waals surface area contributed by atoms with Gasteiger partial charge in [-0.1, -0.05) is 36.4 Å². The minimum absolute atomic E-state index is 0.163. The Bertz CT molecular complexity index is 939. The Morgan fingerprint density at radius 1 is 0.867 bits per heavy atom. The minimum Gasteiger partial charge on any atom is -0.452 e. The number of hydrogen-bond donors (Lipinski definition) is 0. The van der Waals surface area contributed by atoms with E-state index < -0.39 is 42.5 Å². The van der Waals surface area contributed by atoms with E-state index in [2.05, 4.69) is 0 Å². The highest BCUT2D eigenvalue weighted by molar-refractivity contribution is 5.90. The van der Waals surface area contributed by atoms with E-state index in [1.54, 1.807) is 60.7 Å². The molecule has 0 amide bonds. The van der Waals surface area contributed by atoms with Gasteiger partial charge in [-0.2, -0.15) is 5.26 Å². The van der Waals surface area contributed by atoms with Crippen LogP contribution in [0.15, 0.2) is 60.7 Å². The quantitative estimate of drug-likeness (QED) is 0.529. The zero-order valence-electron chi connectivity index (χ0n) is 16.1. The van der Waals surface area contributed by atoms with Gasteiger partial charge in [-0.3, -0.25) is 4.79 Å². The zero-order valence-corrected chi connectivity index (χ0v) is 16.1. The third kappa shape index (κ3) is 5.01. The summed E-state index contributed by atoms with van der Waals surface area (Å²) >= 11 is 0. The molecule has 0 radical (unpaired) electrons. The minimum atomic E-state index is -1.32. The van der Waals surface area contributed by atoms with Crippen molar-refractivity contribution in [2.45, 2.75) is 37.9 Å². The summed E-state index contributed by atoms with van der Waals surface area (Å²) in [6, 6.07) is 18.3. The summed E-state index contributed by atoms with van der Waals surface area (Å²) in [4.78, 5) is 36.6. The number of rotatable bonds is 6. The van der Waals surface area contributed by atoms with Crippen LogP contribution in [-0.2, 0) is 23.7 Å². The number of esters is 3. The van der Waals surface area contributed by atoms with Crippen LogP contribution < -0.4 is 0 Å². The lowest BCUT2D eigenvalue weighted by Crippen LogP contribution is -2.41. The standard InChI is InChI=1S/C22H19NO7/c1-14(24)27-22-19(30-21(26)16-10-6-3-7-11-16)18(17(28-22)12-13-23)29-20(25)15-8-4-2-5-9-15/h2-11,17-19,22H,12H2,1H3/t17-,18-,19-,22?/m1/s1. The van der Waals surface area contributed by atoms with Crippen LogP contribution in [0.4, 0.5) is 0 Å². The van der Waals surface area contributed by atoms with E-state index >= 15 is 0 Å². The molecule has 2 aromatic rings. The number of nitriles is 1. The number of nitrogens with zero attached hydrogens (tertiary/aromatic N) is 1. The molecule has 1 unspecified atom stereocenters. The number of carbonyl (C=O) groups is 3. The molecule has 0 aliphatic carbocycles. The topological polar surface area (TPSA) is 112 Å². The largest absolute Gasteiger partial charge is 0.452 e. The van der Waals surface area contributed by atoms with Crippen molar-refractivity contribution in [1.82, 2.24) is 0 Å². The van der Waals surface area contributed by atoms with E-state index in [4.69, 9.17) is 24.2 Å². The summed E-state index contributed by atoms with van der Waals surface area (Å²) in [6.07, 6.45) is -4.81. The van der Waals surface area contributed by atoms with Gasteiger partial charge in [0.25, 0.3) is 0 Å². The van der Waals surface area contributed by atoms with Crippen LogP contribution in [0.1, 0.15) is 34.1 Å². The van der Waals surface area contributed by atoms with Gasteiger partial charge in [0.15, 0.2) is 6.10 Å². The molecular formula is C22H19NO7. The molecule has 2 aromatic carbocycles. The summed E-state index contributed by atoms with van der Waals surface area (Å²) in [5.74, 6) is -2.07. The molecule has 0 saturated carbocycles. The fourth-order valence-electron chi connectivity index (χ4n) is 3.00. The zero-order chi connectivity index (χ0) is 21.5. The Kier molecular flexibility index (Phi) is 6.78. The molecule has 1 heterocycles. The van der Waals surface area contributed by atoms with Crippen LogP contribution >= 0.6 is 0 Å². The molecule has 154 valence electrons. The van der Waals surface area contributed by atoms with E-state index in [1.807, 2.05) is 6.07 Å². The van der Waals surface area contributed by atoms with Crippen LogP contribution in [0.5, 0.6) is 0 Å². The van der Waals surface area contributed by atoms with Crippen molar-refractivity contribution in [3.05, 3.63) is 71.8 Å². The second-order valence-electron chi connectivity index (χ2n) is 6.49. The van der Waals surface area contributed by atoms with E-state index in [0.29, 0.717) is 0 Å². The first-order valence-electron chi connectivity index (χ1n) is 9.21. The fourth-order valence-corrected chi connectivity index (χ4v) is 3.00. The van der Waals surface area contributed by atoms with Crippen LogP contribution in [-0.4, -0.2) is 42.5 Å². The molecule has 30 heavy (non-hydrogen) atoms. The average molecular weight is 409 g/mol. The average Bonchev–Trinajstić information content (AvgIpc) is 3.04. The van der Waals surface area contributed by atoms with E-state index in [-0.39, 0.29) is 17.5 Å². The van der Waals surface area contributed by atoms with Gasteiger partial charge in [0.2, 0.25) is 12.4 Å². The Morgan fingerprint density at radius 3 is 1.83 bits per heavy atom. The van der Waals surface area contributed by atoms with Gasteiger partial charge in [-0.25, -0.2) is 9.59 Å². The Morgan fingerprint density at radius 2 is 1.37 bits per heavy atom. The molecular weight excluding hydrogens is 390 g/mol. The van der Waals surface area contributed by atoms with Gasteiger partial charge in [0.05, 0.1) is 23.6 Å². The number of carbonyl (C=O) groups excluding carboxylic acids is 3. The molecule has 4 atom stereocenters. The highest BCUT2D eigenvalue weighted by Crippen LogP contribution is 2.31. The lowest BCUT2D eigenvalue weighted by molar-refractivity contribution is -0.185. The van der Waals surface area contributed by atoms with E-state index in [1.165, 1.54) is 6.92 Å². The third-order valence-corrected chi connectivity index (χ3v) is 4.35. The summed E-state index contributed by atoms with van der Waals surface area (Å²) in [6.45, 7) is 1.17. The monoisotopic (exact) mass is 409 g/mol. The third-order valence-electron chi connectivity index (χ3n) is 4.35. The van der Waals surface area contributed by atoms with Gasteiger partial charge < -0.3 is 18.9 Å². The van der Waals surface area contributed by atoms with Gasteiger partial charge in [0, 0.05) is 6.92 Å². The van der Waals surface area contributed by atoms with E-state index in [9.17, 15) is 14.4 Å². The van der Waals surface area contributed by atoms with E-state index in [0.717, 1.165) is 0 Å². The van der Waals surface area contributed by atoms with Crippen molar-refractivity contribution < 1.29 is 33.3 Å². The Labute approximate surface area is 172 Å². The molecule has 8 nitrogen and oxygen atoms in total. The van der Waals surface area contributed by atoms with Gasteiger partial charge >= 0.3 is 17.9 Å². The van der Waals surface area contributed by atoms with Crippen molar-refractivity contribution in [1.29, 1.82) is 5.26 Å².